The first kappa shape index (κ1) is 14.2. The van der Waals surface area contributed by atoms with E-state index in [1.807, 2.05) is 11.8 Å². The van der Waals surface area contributed by atoms with Crippen LogP contribution in [-0.4, -0.2) is 52.7 Å². The van der Waals surface area contributed by atoms with E-state index in [0.717, 1.165) is 25.8 Å². The van der Waals surface area contributed by atoms with Crippen molar-refractivity contribution < 1.29 is 14.9 Å². The van der Waals surface area contributed by atoms with Gasteiger partial charge in [-0.15, -0.1) is 11.6 Å². The van der Waals surface area contributed by atoms with E-state index in [2.05, 4.69) is 0 Å². The van der Waals surface area contributed by atoms with Gasteiger partial charge in [-0.05, 0) is 25.8 Å². The molecular formula is C11H22ClNO3. The first-order chi connectivity index (χ1) is 7.69. The number of rotatable bonds is 7. The maximum atomic E-state index is 9.57. The number of halogens is 1. The lowest BCUT2D eigenvalue weighted by Gasteiger charge is -2.29. The van der Waals surface area contributed by atoms with Gasteiger partial charge < -0.3 is 14.9 Å². The van der Waals surface area contributed by atoms with Gasteiger partial charge in [-0.25, -0.2) is 0 Å². The van der Waals surface area contributed by atoms with Crippen LogP contribution in [0.1, 0.15) is 32.6 Å². The number of aliphatic hydroxyl groups is 2. The molecule has 1 aliphatic heterocycles. The molecule has 0 aromatic rings. The van der Waals surface area contributed by atoms with Crippen molar-refractivity contribution in [2.75, 3.05) is 19.8 Å². The minimum atomic E-state index is -0.803. The van der Waals surface area contributed by atoms with E-state index in [4.69, 9.17) is 21.4 Å². The summed E-state index contributed by atoms with van der Waals surface area (Å²) in [5, 5.41) is 18.7. The number of ether oxygens (including phenoxy) is 1. The van der Waals surface area contributed by atoms with Crippen LogP contribution in [0, 0.1) is 0 Å². The number of hydrogen-bond donors (Lipinski definition) is 2. The second-order valence-electron chi connectivity index (χ2n) is 4.21. The van der Waals surface area contributed by atoms with Crippen LogP contribution in [0.15, 0.2) is 0 Å². The summed E-state index contributed by atoms with van der Waals surface area (Å²) in [5.41, 5.74) is -0.258. The molecule has 5 heteroatoms. The number of likely N-dealkylation sites (tertiary alicyclic amines) is 1. The molecule has 1 saturated heterocycles. The Labute approximate surface area is 102 Å². The van der Waals surface area contributed by atoms with Crippen molar-refractivity contribution in [2.24, 2.45) is 0 Å². The Kier molecular flexibility index (Phi) is 6.61. The van der Waals surface area contributed by atoms with Crippen LogP contribution in [-0.2, 0) is 4.74 Å². The molecule has 0 aliphatic carbocycles. The van der Waals surface area contributed by atoms with Gasteiger partial charge in [-0.3, -0.25) is 4.90 Å². The highest BCUT2D eigenvalue weighted by molar-refractivity contribution is 6.20. The van der Waals surface area contributed by atoms with E-state index in [1.165, 1.54) is 0 Å². The molecule has 96 valence electrons. The Bertz CT molecular complexity index is 194. The van der Waals surface area contributed by atoms with Crippen molar-refractivity contribution in [3.05, 3.63) is 0 Å². The number of aliphatic hydroxyl groups excluding tert-OH is 2. The Balaban J connectivity index is 2.30. The van der Waals surface area contributed by atoms with Crippen molar-refractivity contribution in [3.63, 3.8) is 0 Å². The fraction of sp³-hybridized carbons (Fsp3) is 1.00. The minimum Gasteiger partial charge on any atom is -0.395 e. The van der Waals surface area contributed by atoms with E-state index < -0.39 is 6.29 Å². The lowest BCUT2D eigenvalue weighted by atomic mass is 10.2. The summed E-state index contributed by atoms with van der Waals surface area (Å²) in [6, 6.07) is 0.140. The highest BCUT2D eigenvalue weighted by atomic mass is 35.5. The summed E-state index contributed by atoms with van der Waals surface area (Å²) in [5.74, 6) is 0. The van der Waals surface area contributed by atoms with Gasteiger partial charge in [0.25, 0.3) is 0 Å². The third-order valence-electron chi connectivity index (χ3n) is 2.90. The minimum absolute atomic E-state index is 0.134. The first-order valence-electron chi connectivity index (χ1n) is 5.99. The average Bonchev–Trinajstić information content (AvgIpc) is 2.74. The first-order valence-corrected chi connectivity index (χ1v) is 6.43. The maximum Gasteiger partial charge on any atom is 0.157 e. The summed E-state index contributed by atoms with van der Waals surface area (Å²) in [6.45, 7) is 3.57. The monoisotopic (exact) mass is 251 g/mol. The molecule has 0 spiro atoms. The van der Waals surface area contributed by atoms with Crippen LogP contribution < -0.4 is 0 Å². The van der Waals surface area contributed by atoms with Gasteiger partial charge in [0.05, 0.1) is 12.1 Å². The molecule has 3 unspecified atom stereocenters. The Morgan fingerprint density at radius 1 is 1.56 bits per heavy atom. The molecule has 0 radical (unpaired) electrons. The van der Waals surface area contributed by atoms with Crippen LogP contribution in [0.5, 0.6) is 0 Å². The molecule has 0 bridgehead atoms. The molecule has 1 aliphatic rings. The van der Waals surface area contributed by atoms with Gasteiger partial charge in [-0.2, -0.15) is 0 Å². The third kappa shape index (κ3) is 4.18. The Hall–Kier alpha value is 0.130. The Morgan fingerprint density at radius 3 is 2.94 bits per heavy atom. The van der Waals surface area contributed by atoms with Crippen LogP contribution >= 0.6 is 11.6 Å². The van der Waals surface area contributed by atoms with E-state index in [0.29, 0.717) is 13.0 Å². The van der Waals surface area contributed by atoms with Gasteiger partial charge in [0, 0.05) is 19.1 Å². The predicted octanol–water partition coefficient (Wildman–Crippen LogP) is 1.14. The van der Waals surface area contributed by atoms with Gasteiger partial charge in [0.15, 0.2) is 6.29 Å². The average molecular weight is 252 g/mol. The van der Waals surface area contributed by atoms with E-state index in [-0.39, 0.29) is 18.1 Å². The van der Waals surface area contributed by atoms with Crippen LogP contribution in [0.4, 0.5) is 0 Å². The van der Waals surface area contributed by atoms with Crippen LogP contribution in [0.2, 0.25) is 0 Å². The predicted molar refractivity (Wildman–Crippen MR) is 63.3 cm³/mol. The lowest BCUT2D eigenvalue weighted by Crippen LogP contribution is -2.40. The molecule has 0 aromatic carbocycles. The van der Waals surface area contributed by atoms with Crippen LogP contribution in [0.3, 0.4) is 0 Å². The van der Waals surface area contributed by atoms with Crippen molar-refractivity contribution in [1.82, 2.24) is 4.90 Å². The van der Waals surface area contributed by atoms with E-state index >= 15 is 0 Å². The highest BCUT2D eigenvalue weighted by Crippen LogP contribution is 2.24. The molecular weight excluding hydrogens is 230 g/mol. The maximum absolute atomic E-state index is 9.57. The fourth-order valence-electron chi connectivity index (χ4n) is 2.05. The van der Waals surface area contributed by atoms with Crippen LogP contribution in [0.25, 0.3) is 0 Å². The van der Waals surface area contributed by atoms with Crippen molar-refractivity contribution in [1.29, 1.82) is 0 Å². The van der Waals surface area contributed by atoms with Gasteiger partial charge in [-0.1, -0.05) is 6.92 Å². The number of hydrogen-bond acceptors (Lipinski definition) is 4. The lowest BCUT2D eigenvalue weighted by molar-refractivity contribution is -0.109. The SMILES string of the molecule is CCCOC(O)CC(Cl)N1CCCC1CO. The summed E-state index contributed by atoms with van der Waals surface area (Å²) in [6.07, 6.45) is 2.50. The summed E-state index contributed by atoms with van der Waals surface area (Å²) < 4.78 is 5.17. The molecule has 1 fully saturated rings. The zero-order valence-electron chi connectivity index (χ0n) is 9.81. The molecule has 2 N–H and O–H groups in total. The largest absolute Gasteiger partial charge is 0.395 e. The Morgan fingerprint density at radius 2 is 2.31 bits per heavy atom. The molecule has 0 amide bonds. The van der Waals surface area contributed by atoms with Crippen molar-refractivity contribution >= 4 is 11.6 Å². The molecule has 0 aromatic heterocycles. The van der Waals surface area contributed by atoms with Crippen molar-refractivity contribution in [3.8, 4) is 0 Å². The second kappa shape index (κ2) is 7.45. The quantitative estimate of drug-likeness (QED) is 0.405. The molecule has 16 heavy (non-hydrogen) atoms. The van der Waals surface area contributed by atoms with Crippen molar-refractivity contribution in [2.45, 2.75) is 50.4 Å². The standard InChI is InChI=1S/C11H22ClNO3/c1-2-6-16-11(15)7-10(12)13-5-3-4-9(13)8-14/h9-11,14-15H,2-8H2,1H3. The molecule has 1 rings (SSSR count). The fourth-order valence-corrected chi connectivity index (χ4v) is 2.46. The second-order valence-corrected chi connectivity index (χ2v) is 4.72. The zero-order chi connectivity index (χ0) is 12.0. The normalized spacial score (nSPS) is 25.9. The summed E-state index contributed by atoms with van der Waals surface area (Å²) in [7, 11) is 0. The number of alkyl halides is 1. The highest BCUT2D eigenvalue weighted by Gasteiger charge is 2.30. The molecule has 0 saturated carbocycles. The molecule has 1 heterocycles. The van der Waals surface area contributed by atoms with E-state index in [1.54, 1.807) is 0 Å². The van der Waals surface area contributed by atoms with E-state index in [9.17, 15) is 5.11 Å². The molecule has 3 atom stereocenters. The smallest absolute Gasteiger partial charge is 0.157 e. The third-order valence-corrected chi connectivity index (χ3v) is 3.33. The van der Waals surface area contributed by atoms with Gasteiger partial charge in [0.1, 0.15) is 0 Å². The summed E-state index contributed by atoms with van der Waals surface area (Å²) in [4.78, 5) is 2.04. The number of nitrogens with zero attached hydrogens (tertiary/aromatic N) is 1. The topological polar surface area (TPSA) is 52.9 Å². The van der Waals surface area contributed by atoms with Gasteiger partial charge >= 0.3 is 0 Å². The zero-order valence-corrected chi connectivity index (χ0v) is 10.6. The summed E-state index contributed by atoms with van der Waals surface area (Å²) >= 11 is 6.21. The molecule has 4 nitrogen and oxygen atoms in total. The van der Waals surface area contributed by atoms with Gasteiger partial charge in [0.2, 0.25) is 0 Å².